The molecule has 1 heterocycles. The van der Waals surface area contributed by atoms with Gasteiger partial charge in [-0.2, -0.15) is 0 Å². The lowest BCUT2D eigenvalue weighted by atomic mass is 9.84. The van der Waals surface area contributed by atoms with Crippen LogP contribution < -0.4 is 5.32 Å². The number of amides is 1. The average Bonchev–Trinajstić information content (AvgIpc) is 2.96. The second kappa shape index (κ2) is 4.97. The average molecular weight is 270 g/mol. The molecule has 1 amide bonds. The van der Waals surface area contributed by atoms with Crippen molar-refractivity contribution in [2.24, 2.45) is 0 Å². The van der Waals surface area contributed by atoms with Gasteiger partial charge in [0, 0.05) is 35.1 Å². The maximum Gasteiger partial charge on any atom is 0.207 e. The summed E-state index contributed by atoms with van der Waals surface area (Å²) < 4.78 is 2.47. The lowest BCUT2D eigenvalue weighted by Gasteiger charge is -2.27. The van der Waals surface area contributed by atoms with Gasteiger partial charge in [-0.25, -0.2) is 0 Å². The standard InChI is InChI=1S/C17H22N2O/c1-3-19-15-7-5-4-6-13(15)14-8-9-17(2,16(14)19)10-11-18-12-20/h4-7,12H,3,8-11H2,1-2H3,(H,18,20). The van der Waals surface area contributed by atoms with E-state index in [2.05, 4.69) is 48.0 Å². The Bertz CT molecular complexity index is 629. The second-order valence-corrected chi connectivity index (χ2v) is 5.97. The number of rotatable bonds is 5. The molecule has 1 atom stereocenters. The molecular formula is C17H22N2O. The number of aromatic nitrogens is 1. The van der Waals surface area contributed by atoms with Gasteiger partial charge in [-0.05, 0) is 37.8 Å². The fourth-order valence-corrected chi connectivity index (χ4v) is 3.82. The van der Waals surface area contributed by atoms with Crippen LogP contribution in [0.2, 0.25) is 0 Å². The molecule has 20 heavy (non-hydrogen) atoms. The Morgan fingerprint density at radius 3 is 2.95 bits per heavy atom. The van der Waals surface area contributed by atoms with E-state index in [0.717, 1.165) is 32.3 Å². The van der Waals surface area contributed by atoms with Gasteiger partial charge in [0.1, 0.15) is 0 Å². The molecule has 1 aromatic carbocycles. The summed E-state index contributed by atoms with van der Waals surface area (Å²) in [5.41, 5.74) is 4.56. The molecule has 1 N–H and O–H groups in total. The first-order valence-corrected chi connectivity index (χ1v) is 7.49. The SMILES string of the molecule is CCn1c2c(c3ccccc31)CCC2(C)CCNC=O. The van der Waals surface area contributed by atoms with Crippen LogP contribution in [-0.2, 0) is 23.2 Å². The Hall–Kier alpha value is -1.77. The second-order valence-electron chi connectivity index (χ2n) is 5.97. The highest BCUT2D eigenvalue weighted by Crippen LogP contribution is 2.45. The van der Waals surface area contributed by atoms with E-state index in [0.29, 0.717) is 0 Å². The predicted octanol–water partition coefficient (Wildman–Crippen LogP) is 3.00. The molecular weight excluding hydrogens is 248 g/mol. The molecule has 3 nitrogen and oxygen atoms in total. The monoisotopic (exact) mass is 270 g/mol. The van der Waals surface area contributed by atoms with Crippen LogP contribution in [0.3, 0.4) is 0 Å². The van der Waals surface area contributed by atoms with Crippen LogP contribution in [0.1, 0.15) is 37.9 Å². The minimum absolute atomic E-state index is 0.181. The van der Waals surface area contributed by atoms with Crippen molar-refractivity contribution in [1.82, 2.24) is 9.88 Å². The van der Waals surface area contributed by atoms with Crippen molar-refractivity contribution in [1.29, 1.82) is 0 Å². The molecule has 1 aliphatic carbocycles. The van der Waals surface area contributed by atoms with Crippen molar-refractivity contribution in [2.75, 3.05) is 6.54 Å². The Morgan fingerprint density at radius 1 is 1.40 bits per heavy atom. The summed E-state index contributed by atoms with van der Waals surface area (Å²) >= 11 is 0. The van der Waals surface area contributed by atoms with Gasteiger partial charge in [0.15, 0.2) is 0 Å². The van der Waals surface area contributed by atoms with Crippen molar-refractivity contribution in [3.8, 4) is 0 Å². The Labute approximate surface area is 120 Å². The first-order valence-electron chi connectivity index (χ1n) is 7.49. The van der Waals surface area contributed by atoms with Gasteiger partial charge in [0.25, 0.3) is 0 Å². The molecule has 3 rings (SSSR count). The summed E-state index contributed by atoms with van der Waals surface area (Å²) in [6.45, 7) is 6.32. The van der Waals surface area contributed by atoms with E-state index in [9.17, 15) is 4.79 Å². The molecule has 0 spiro atoms. The molecule has 0 fully saturated rings. The number of fused-ring (bicyclic) bond motifs is 3. The molecule has 0 bridgehead atoms. The minimum atomic E-state index is 0.181. The van der Waals surface area contributed by atoms with E-state index in [1.807, 2.05) is 0 Å². The third kappa shape index (κ3) is 1.84. The molecule has 0 saturated heterocycles. The molecule has 0 radical (unpaired) electrons. The topological polar surface area (TPSA) is 34.0 Å². The molecule has 2 aromatic rings. The largest absolute Gasteiger partial charge is 0.359 e. The van der Waals surface area contributed by atoms with Crippen LogP contribution in [0.15, 0.2) is 24.3 Å². The predicted molar refractivity (Wildman–Crippen MR) is 82.0 cm³/mol. The smallest absolute Gasteiger partial charge is 0.207 e. The lowest BCUT2D eigenvalue weighted by Crippen LogP contribution is -2.27. The van der Waals surface area contributed by atoms with Crippen molar-refractivity contribution in [2.45, 2.75) is 45.1 Å². The van der Waals surface area contributed by atoms with E-state index in [1.54, 1.807) is 0 Å². The van der Waals surface area contributed by atoms with Crippen molar-refractivity contribution >= 4 is 17.3 Å². The molecule has 1 aliphatic rings. The normalized spacial score (nSPS) is 21.1. The van der Waals surface area contributed by atoms with Crippen LogP contribution in [0.25, 0.3) is 10.9 Å². The molecule has 106 valence electrons. The van der Waals surface area contributed by atoms with Gasteiger partial charge in [0.2, 0.25) is 6.41 Å². The first-order chi connectivity index (χ1) is 9.71. The number of carbonyl (C=O) groups excluding carboxylic acids is 1. The highest BCUT2D eigenvalue weighted by molar-refractivity contribution is 5.86. The summed E-state index contributed by atoms with van der Waals surface area (Å²) in [6, 6.07) is 8.72. The fourth-order valence-electron chi connectivity index (χ4n) is 3.82. The number of benzene rings is 1. The van der Waals surface area contributed by atoms with E-state index >= 15 is 0 Å². The lowest BCUT2D eigenvalue weighted by molar-refractivity contribution is -0.109. The Morgan fingerprint density at radius 2 is 2.20 bits per heavy atom. The molecule has 0 aliphatic heterocycles. The zero-order chi connectivity index (χ0) is 14.2. The summed E-state index contributed by atoms with van der Waals surface area (Å²) in [5.74, 6) is 0. The van der Waals surface area contributed by atoms with Crippen LogP contribution >= 0.6 is 0 Å². The Kier molecular flexibility index (Phi) is 3.28. The maximum absolute atomic E-state index is 10.5. The third-order valence-electron chi connectivity index (χ3n) is 4.79. The number of nitrogens with zero attached hydrogens (tertiary/aromatic N) is 1. The summed E-state index contributed by atoms with van der Waals surface area (Å²) in [5, 5.41) is 4.23. The minimum Gasteiger partial charge on any atom is -0.359 e. The van der Waals surface area contributed by atoms with E-state index in [1.165, 1.54) is 28.6 Å². The third-order valence-corrected chi connectivity index (χ3v) is 4.79. The zero-order valence-corrected chi connectivity index (χ0v) is 12.3. The first kappa shape index (κ1) is 13.2. The highest BCUT2D eigenvalue weighted by atomic mass is 16.1. The molecule has 3 heteroatoms. The fraction of sp³-hybridized carbons (Fsp3) is 0.471. The van der Waals surface area contributed by atoms with Crippen LogP contribution in [-0.4, -0.2) is 17.5 Å². The maximum atomic E-state index is 10.5. The van der Waals surface area contributed by atoms with Crippen molar-refractivity contribution in [3.63, 3.8) is 0 Å². The number of carbonyl (C=O) groups is 1. The number of hydrogen-bond donors (Lipinski definition) is 1. The van der Waals surface area contributed by atoms with Crippen LogP contribution in [0, 0.1) is 0 Å². The number of aryl methyl sites for hydroxylation is 2. The summed E-state index contributed by atoms with van der Waals surface area (Å²) in [4.78, 5) is 10.5. The van der Waals surface area contributed by atoms with Gasteiger partial charge in [-0.1, -0.05) is 25.1 Å². The van der Waals surface area contributed by atoms with Crippen molar-refractivity contribution in [3.05, 3.63) is 35.5 Å². The van der Waals surface area contributed by atoms with Gasteiger partial charge in [0.05, 0.1) is 0 Å². The highest BCUT2D eigenvalue weighted by Gasteiger charge is 2.38. The quantitative estimate of drug-likeness (QED) is 0.657. The van der Waals surface area contributed by atoms with Crippen molar-refractivity contribution < 1.29 is 4.79 Å². The Balaban J connectivity index is 2.09. The molecule has 1 unspecified atom stereocenters. The van der Waals surface area contributed by atoms with Gasteiger partial charge < -0.3 is 9.88 Å². The van der Waals surface area contributed by atoms with Gasteiger partial charge in [-0.15, -0.1) is 0 Å². The zero-order valence-electron chi connectivity index (χ0n) is 12.3. The van der Waals surface area contributed by atoms with Crippen LogP contribution in [0.5, 0.6) is 0 Å². The molecule has 1 aromatic heterocycles. The number of nitrogens with one attached hydrogen (secondary N) is 1. The van der Waals surface area contributed by atoms with E-state index in [4.69, 9.17) is 0 Å². The number of hydrogen-bond acceptors (Lipinski definition) is 1. The van der Waals surface area contributed by atoms with Crippen LogP contribution in [0.4, 0.5) is 0 Å². The summed E-state index contributed by atoms with van der Waals surface area (Å²) in [6.07, 6.45) is 4.15. The van der Waals surface area contributed by atoms with Gasteiger partial charge >= 0.3 is 0 Å². The summed E-state index contributed by atoms with van der Waals surface area (Å²) in [7, 11) is 0. The van der Waals surface area contributed by atoms with E-state index < -0.39 is 0 Å². The number of para-hydroxylation sites is 1. The van der Waals surface area contributed by atoms with E-state index in [-0.39, 0.29) is 5.41 Å². The van der Waals surface area contributed by atoms with Gasteiger partial charge in [-0.3, -0.25) is 4.79 Å². The molecule has 0 saturated carbocycles.